The van der Waals surface area contributed by atoms with E-state index < -0.39 is 0 Å². The Morgan fingerprint density at radius 3 is 1.95 bits per heavy atom. The summed E-state index contributed by atoms with van der Waals surface area (Å²) >= 11 is 0. The summed E-state index contributed by atoms with van der Waals surface area (Å²) in [5, 5.41) is 0. The van der Waals surface area contributed by atoms with Crippen LogP contribution in [0, 0.1) is 0 Å². The molecule has 0 nitrogen and oxygen atoms in total. The molecule has 0 radical (unpaired) electrons. The van der Waals surface area contributed by atoms with Gasteiger partial charge in [0.1, 0.15) is 0 Å². The number of benzene rings is 2. The molecule has 0 amide bonds. The Morgan fingerprint density at radius 1 is 0.632 bits per heavy atom. The van der Waals surface area contributed by atoms with Crippen molar-refractivity contribution in [1.82, 2.24) is 0 Å². The van der Waals surface area contributed by atoms with E-state index >= 15 is 0 Å². The van der Waals surface area contributed by atoms with Crippen LogP contribution < -0.4 is 0 Å². The van der Waals surface area contributed by atoms with Crippen LogP contribution in [0.1, 0.15) is 30.4 Å². The summed E-state index contributed by atoms with van der Waals surface area (Å²) in [5.41, 5.74) is 2.85. The zero-order valence-corrected chi connectivity index (χ0v) is 11.5. The number of aryl methyl sites for hydroxylation is 1. The maximum atomic E-state index is 2.32. The summed E-state index contributed by atoms with van der Waals surface area (Å²) in [6.45, 7) is 0. The lowest BCUT2D eigenvalue weighted by Crippen LogP contribution is -1.84. The van der Waals surface area contributed by atoms with Gasteiger partial charge in [-0.3, -0.25) is 0 Å². The van der Waals surface area contributed by atoms with Crippen LogP contribution in [-0.4, -0.2) is 0 Å². The zero-order chi connectivity index (χ0) is 13.2. The van der Waals surface area contributed by atoms with Crippen molar-refractivity contribution in [2.45, 2.75) is 32.1 Å². The van der Waals surface area contributed by atoms with Crippen LogP contribution >= 0.6 is 0 Å². The first-order valence-corrected chi connectivity index (χ1v) is 7.18. The fourth-order valence-corrected chi connectivity index (χ4v) is 2.19. The second kappa shape index (κ2) is 8.31. The number of hydrogen-bond donors (Lipinski definition) is 0. The van der Waals surface area contributed by atoms with Crippen molar-refractivity contribution in [1.29, 1.82) is 0 Å². The molecule has 0 aliphatic carbocycles. The highest BCUT2D eigenvalue weighted by Gasteiger charge is 1.91. The lowest BCUT2D eigenvalue weighted by atomic mass is 10.1. The lowest BCUT2D eigenvalue weighted by Gasteiger charge is -1.99. The molecule has 0 saturated carbocycles. The lowest BCUT2D eigenvalue weighted by molar-refractivity contribution is 0.746. The van der Waals surface area contributed by atoms with E-state index in [1.165, 1.54) is 36.8 Å². The molecule has 19 heavy (non-hydrogen) atoms. The first-order chi connectivity index (χ1) is 9.45. The van der Waals surface area contributed by atoms with Gasteiger partial charge in [-0.15, -0.1) is 0 Å². The van der Waals surface area contributed by atoms with Gasteiger partial charge in [-0.2, -0.15) is 0 Å². The molecular formula is C19H22. The van der Waals surface area contributed by atoms with Crippen molar-refractivity contribution in [3.63, 3.8) is 0 Å². The van der Waals surface area contributed by atoms with Crippen molar-refractivity contribution < 1.29 is 0 Å². The van der Waals surface area contributed by atoms with Crippen LogP contribution in [0.4, 0.5) is 0 Å². The third-order valence-corrected chi connectivity index (χ3v) is 3.29. The summed E-state index contributed by atoms with van der Waals surface area (Å²) in [6, 6.07) is 21.4. The highest BCUT2D eigenvalue weighted by Crippen LogP contribution is 2.07. The molecule has 0 unspecified atom stereocenters. The van der Waals surface area contributed by atoms with Gasteiger partial charge in [-0.1, -0.05) is 72.8 Å². The fraction of sp³-hybridized carbons (Fsp3) is 0.263. The number of allylic oxidation sites excluding steroid dienone is 2. The van der Waals surface area contributed by atoms with Gasteiger partial charge in [0.2, 0.25) is 0 Å². The molecule has 0 aromatic heterocycles. The fourth-order valence-electron chi connectivity index (χ4n) is 2.19. The second-order valence-corrected chi connectivity index (χ2v) is 4.89. The SMILES string of the molecule is C(=CCc1ccccc1)CCCCc1ccccc1. The van der Waals surface area contributed by atoms with E-state index in [1.54, 1.807) is 0 Å². The summed E-state index contributed by atoms with van der Waals surface area (Å²) in [4.78, 5) is 0. The Labute approximate surface area is 116 Å². The van der Waals surface area contributed by atoms with Gasteiger partial charge < -0.3 is 0 Å². The van der Waals surface area contributed by atoms with Crippen molar-refractivity contribution in [2.75, 3.05) is 0 Å². The molecule has 0 N–H and O–H groups in total. The van der Waals surface area contributed by atoms with Gasteiger partial charge in [0.05, 0.1) is 0 Å². The smallest absolute Gasteiger partial charge is 0.00975 e. The van der Waals surface area contributed by atoms with Gasteiger partial charge in [-0.25, -0.2) is 0 Å². The molecule has 0 atom stereocenters. The molecule has 2 aromatic carbocycles. The van der Waals surface area contributed by atoms with Crippen molar-refractivity contribution in [3.05, 3.63) is 83.9 Å². The second-order valence-electron chi connectivity index (χ2n) is 4.89. The minimum Gasteiger partial charge on any atom is -0.0882 e. The highest BCUT2D eigenvalue weighted by atomic mass is 14.0. The largest absolute Gasteiger partial charge is 0.0882 e. The van der Waals surface area contributed by atoms with Crippen LogP contribution in [0.3, 0.4) is 0 Å². The third kappa shape index (κ3) is 5.56. The monoisotopic (exact) mass is 250 g/mol. The molecule has 0 spiro atoms. The van der Waals surface area contributed by atoms with Gasteiger partial charge in [0.15, 0.2) is 0 Å². The summed E-state index contributed by atoms with van der Waals surface area (Å²) in [6.07, 6.45) is 10.6. The Kier molecular flexibility index (Phi) is 5.95. The van der Waals surface area contributed by atoms with Crippen molar-refractivity contribution >= 4 is 0 Å². The third-order valence-electron chi connectivity index (χ3n) is 3.29. The van der Waals surface area contributed by atoms with Crippen LogP contribution in [0.25, 0.3) is 0 Å². The normalized spacial score (nSPS) is 10.9. The molecule has 0 fully saturated rings. The first kappa shape index (κ1) is 13.6. The van der Waals surface area contributed by atoms with Crippen LogP contribution in [0.15, 0.2) is 72.8 Å². The van der Waals surface area contributed by atoms with Crippen LogP contribution in [0.5, 0.6) is 0 Å². The minimum atomic E-state index is 1.06. The van der Waals surface area contributed by atoms with Crippen LogP contribution in [0.2, 0.25) is 0 Å². The molecule has 2 aromatic rings. The summed E-state index contributed by atoms with van der Waals surface area (Å²) < 4.78 is 0. The molecule has 0 heteroatoms. The quantitative estimate of drug-likeness (QED) is 0.468. The summed E-state index contributed by atoms with van der Waals surface area (Å²) in [5.74, 6) is 0. The average molecular weight is 250 g/mol. The minimum absolute atomic E-state index is 1.06. The van der Waals surface area contributed by atoms with Gasteiger partial charge in [0.25, 0.3) is 0 Å². The van der Waals surface area contributed by atoms with Crippen LogP contribution in [-0.2, 0) is 12.8 Å². The van der Waals surface area contributed by atoms with Gasteiger partial charge in [-0.05, 0) is 43.2 Å². The molecule has 0 aliphatic heterocycles. The van der Waals surface area contributed by atoms with E-state index in [0.717, 1.165) is 6.42 Å². The van der Waals surface area contributed by atoms with Gasteiger partial charge in [0, 0.05) is 0 Å². The maximum absolute atomic E-state index is 2.32. The Balaban J connectivity index is 1.57. The standard InChI is InChI=1S/C19H22/c1(2-6-12-18-14-8-4-9-15-18)3-7-13-19-16-10-5-11-17-19/h2,4-6,8-11,14-17H,1,3,7,12-13H2. The predicted molar refractivity (Wildman–Crippen MR) is 83.3 cm³/mol. The average Bonchev–Trinajstić information content (AvgIpc) is 2.48. The molecule has 0 aliphatic rings. The molecular weight excluding hydrogens is 228 g/mol. The topological polar surface area (TPSA) is 0 Å². The predicted octanol–water partition coefficient (Wildman–Crippen LogP) is 5.20. The Bertz CT molecular complexity index is 468. The van der Waals surface area contributed by atoms with E-state index in [0.29, 0.717) is 0 Å². The van der Waals surface area contributed by atoms with E-state index in [1.807, 2.05) is 0 Å². The molecule has 0 bridgehead atoms. The van der Waals surface area contributed by atoms with Gasteiger partial charge >= 0.3 is 0 Å². The van der Waals surface area contributed by atoms with E-state index in [9.17, 15) is 0 Å². The number of unbranched alkanes of at least 4 members (excludes halogenated alkanes) is 2. The van der Waals surface area contributed by atoms with Crippen molar-refractivity contribution in [2.24, 2.45) is 0 Å². The molecule has 98 valence electrons. The Hall–Kier alpha value is -1.82. The van der Waals surface area contributed by atoms with E-state index in [-0.39, 0.29) is 0 Å². The van der Waals surface area contributed by atoms with E-state index in [4.69, 9.17) is 0 Å². The van der Waals surface area contributed by atoms with E-state index in [2.05, 4.69) is 72.8 Å². The van der Waals surface area contributed by atoms with Crippen molar-refractivity contribution in [3.8, 4) is 0 Å². The highest BCUT2D eigenvalue weighted by molar-refractivity contribution is 5.17. The summed E-state index contributed by atoms with van der Waals surface area (Å²) in [7, 11) is 0. The number of rotatable bonds is 7. The Morgan fingerprint density at radius 2 is 1.26 bits per heavy atom. The maximum Gasteiger partial charge on any atom is -0.00975 e. The molecule has 0 heterocycles. The number of hydrogen-bond acceptors (Lipinski definition) is 0. The first-order valence-electron chi connectivity index (χ1n) is 7.18. The molecule has 0 saturated heterocycles. The molecule has 2 rings (SSSR count). The zero-order valence-electron chi connectivity index (χ0n) is 11.5.